The molecule has 2 saturated heterocycles. The summed E-state index contributed by atoms with van der Waals surface area (Å²) >= 11 is 1.42. The Balaban J connectivity index is 1.42. The van der Waals surface area contributed by atoms with Gasteiger partial charge in [-0.3, -0.25) is 4.79 Å². The summed E-state index contributed by atoms with van der Waals surface area (Å²) in [5.74, 6) is -0.0205. The number of carbonyl (C=O) groups is 1. The Labute approximate surface area is 157 Å². The van der Waals surface area contributed by atoms with Crippen molar-refractivity contribution in [3.63, 3.8) is 0 Å². The van der Waals surface area contributed by atoms with Crippen LogP contribution in [0.5, 0.6) is 0 Å². The number of amides is 1. The van der Waals surface area contributed by atoms with Gasteiger partial charge in [0.25, 0.3) is 5.91 Å². The number of likely N-dealkylation sites (tertiary alicyclic amines) is 1. The molecule has 8 heteroatoms. The first-order valence-corrected chi connectivity index (χ1v) is 11.1. The predicted molar refractivity (Wildman–Crippen MR) is 99.5 cm³/mol. The molecule has 138 valence electrons. The quantitative estimate of drug-likeness (QED) is 0.806. The first-order valence-electron chi connectivity index (χ1n) is 8.73. The van der Waals surface area contributed by atoms with E-state index in [9.17, 15) is 13.2 Å². The van der Waals surface area contributed by atoms with Crippen molar-refractivity contribution in [2.45, 2.75) is 24.2 Å². The van der Waals surface area contributed by atoms with E-state index in [0.717, 1.165) is 19.3 Å². The highest BCUT2D eigenvalue weighted by Gasteiger charge is 2.45. The highest BCUT2D eigenvalue weighted by Crippen LogP contribution is 2.42. The molecule has 1 spiro atoms. The van der Waals surface area contributed by atoms with Crippen molar-refractivity contribution in [1.29, 1.82) is 0 Å². The molecule has 2 aliphatic rings. The van der Waals surface area contributed by atoms with Crippen LogP contribution < -0.4 is 0 Å². The molecule has 0 N–H and O–H groups in total. The van der Waals surface area contributed by atoms with Gasteiger partial charge in [-0.15, -0.1) is 11.3 Å². The number of thiazole rings is 1. The Kier molecular flexibility index (Phi) is 4.58. The molecule has 2 aliphatic heterocycles. The summed E-state index contributed by atoms with van der Waals surface area (Å²) in [5.41, 5.74) is 2.16. The van der Waals surface area contributed by atoms with Crippen LogP contribution in [0.4, 0.5) is 0 Å². The van der Waals surface area contributed by atoms with Crippen LogP contribution in [0.1, 0.15) is 29.8 Å². The van der Waals surface area contributed by atoms with E-state index in [1.165, 1.54) is 11.3 Å². The number of piperidine rings is 1. The van der Waals surface area contributed by atoms with Gasteiger partial charge in [0.2, 0.25) is 10.0 Å². The lowest BCUT2D eigenvalue weighted by atomic mass is 9.78. The lowest BCUT2D eigenvalue weighted by molar-refractivity contribution is 0.0595. The molecule has 0 aliphatic carbocycles. The zero-order valence-corrected chi connectivity index (χ0v) is 16.0. The number of aromatic nitrogens is 1. The summed E-state index contributed by atoms with van der Waals surface area (Å²) in [4.78, 5) is 18.7. The van der Waals surface area contributed by atoms with Crippen molar-refractivity contribution in [2.24, 2.45) is 5.41 Å². The van der Waals surface area contributed by atoms with Crippen LogP contribution in [0.15, 0.2) is 46.1 Å². The predicted octanol–water partition coefficient (Wildman–Crippen LogP) is 2.46. The van der Waals surface area contributed by atoms with E-state index in [-0.39, 0.29) is 11.3 Å². The minimum absolute atomic E-state index is 0.0132. The van der Waals surface area contributed by atoms with E-state index in [4.69, 9.17) is 0 Å². The van der Waals surface area contributed by atoms with E-state index in [0.29, 0.717) is 36.8 Å². The van der Waals surface area contributed by atoms with Gasteiger partial charge in [0.05, 0.1) is 10.4 Å². The van der Waals surface area contributed by atoms with Crippen LogP contribution in [0, 0.1) is 5.41 Å². The molecule has 0 saturated carbocycles. The maximum absolute atomic E-state index is 12.8. The Morgan fingerprint density at radius 1 is 1.08 bits per heavy atom. The van der Waals surface area contributed by atoms with Crippen LogP contribution in [0.25, 0.3) is 0 Å². The second-order valence-electron chi connectivity index (χ2n) is 7.07. The van der Waals surface area contributed by atoms with Gasteiger partial charge in [0, 0.05) is 31.6 Å². The topological polar surface area (TPSA) is 70.6 Å². The van der Waals surface area contributed by atoms with Gasteiger partial charge in [0.15, 0.2) is 0 Å². The molecule has 1 aromatic carbocycles. The standard InChI is InChI=1S/C18H21N3O3S2/c22-17(16-12-25-14-19-16)20-9-6-18(7-10-20)8-11-21(13-18)26(23,24)15-4-2-1-3-5-15/h1-5,12,14H,6-11,13H2. The molecular weight excluding hydrogens is 370 g/mol. The Morgan fingerprint density at radius 3 is 2.42 bits per heavy atom. The molecular formula is C18H21N3O3S2. The van der Waals surface area contributed by atoms with Gasteiger partial charge in [-0.05, 0) is 36.8 Å². The third kappa shape index (κ3) is 3.17. The maximum Gasteiger partial charge on any atom is 0.273 e. The number of hydrogen-bond acceptors (Lipinski definition) is 5. The molecule has 4 rings (SSSR count). The van der Waals surface area contributed by atoms with Crippen LogP contribution in [0.3, 0.4) is 0 Å². The van der Waals surface area contributed by atoms with Gasteiger partial charge in [-0.2, -0.15) is 4.31 Å². The molecule has 1 amide bonds. The third-order valence-corrected chi connectivity index (χ3v) is 7.99. The molecule has 0 atom stereocenters. The normalized spacial score (nSPS) is 20.5. The Morgan fingerprint density at radius 2 is 1.77 bits per heavy atom. The van der Waals surface area contributed by atoms with Gasteiger partial charge < -0.3 is 4.90 Å². The third-order valence-electron chi connectivity index (χ3n) is 5.55. The zero-order chi connectivity index (χ0) is 18.2. The van der Waals surface area contributed by atoms with Crippen molar-refractivity contribution in [2.75, 3.05) is 26.2 Å². The number of sulfonamides is 1. The summed E-state index contributed by atoms with van der Waals surface area (Å²) in [6.45, 7) is 2.42. The molecule has 0 bridgehead atoms. The zero-order valence-electron chi connectivity index (χ0n) is 14.4. The van der Waals surface area contributed by atoms with E-state index in [1.54, 1.807) is 39.5 Å². The van der Waals surface area contributed by atoms with Gasteiger partial charge in [-0.1, -0.05) is 18.2 Å². The number of nitrogens with zero attached hydrogens (tertiary/aromatic N) is 3. The summed E-state index contributed by atoms with van der Waals surface area (Å²) < 4.78 is 27.3. The molecule has 6 nitrogen and oxygen atoms in total. The monoisotopic (exact) mass is 391 g/mol. The summed E-state index contributed by atoms with van der Waals surface area (Å²) in [6, 6.07) is 8.62. The Hall–Kier alpha value is -1.77. The smallest absolute Gasteiger partial charge is 0.273 e. The van der Waals surface area contributed by atoms with E-state index >= 15 is 0 Å². The molecule has 2 aromatic rings. The maximum atomic E-state index is 12.8. The Bertz CT molecular complexity index is 874. The molecule has 0 radical (unpaired) electrons. The number of hydrogen-bond donors (Lipinski definition) is 0. The number of benzene rings is 1. The fraction of sp³-hybridized carbons (Fsp3) is 0.444. The highest BCUT2D eigenvalue weighted by atomic mass is 32.2. The lowest BCUT2D eigenvalue weighted by Gasteiger charge is -2.39. The first kappa shape index (κ1) is 17.6. The molecule has 26 heavy (non-hydrogen) atoms. The molecule has 3 heterocycles. The minimum Gasteiger partial charge on any atom is -0.337 e. The summed E-state index contributed by atoms with van der Waals surface area (Å²) in [5, 5.41) is 1.77. The SMILES string of the molecule is O=C(c1cscn1)N1CCC2(CC1)CCN(S(=O)(=O)c1ccccc1)C2. The van der Waals surface area contributed by atoms with Crippen molar-refractivity contribution in [3.8, 4) is 0 Å². The first-order chi connectivity index (χ1) is 12.5. The van der Waals surface area contributed by atoms with Crippen LogP contribution in [-0.2, 0) is 10.0 Å². The summed E-state index contributed by atoms with van der Waals surface area (Å²) in [6.07, 6.45) is 2.53. The minimum atomic E-state index is -3.44. The number of carbonyl (C=O) groups excluding carboxylic acids is 1. The molecule has 2 fully saturated rings. The van der Waals surface area contributed by atoms with Crippen LogP contribution in [0.2, 0.25) is 0 Å². The summed E-state index contributed by atoms with van der Waals surface area (Å²) in [7, 11) is -3.44. The molecule has 1 aromatic heterocycles. The van der Waals surface area contributed by atoms with E-state index in [2.05, 4.69) is 4.98 Å². The van der Waals surface area contributed by atoms with Gasteiger partial charge in [0.1, 0.15) is 5.69 Å². The van der Waals surface area contributed by atoms with Crippen LogP contribution >= 0.6 is 11.3 Å². The van der Waals surface area contributed by atoms with Crippen molar-refractivity contribution in [1.82, 2.24) is 14.2 Å². The highest BCUT2D eigenvalue weighted by molar-refractivity contribution is 7.89. The van der Waals surface area contributed by atoms with Crippen molar-refractivity contribution in [3.05, 3.63) is 46.9 Å². The van der Waals surface area contributed by atoms with E-state index in [1.807, 2.05) is 11.0 Å². The average molecular weight is 392 g/mol. The largest absolute Gasteiger partial charge is 0.337 e. The van der Waals surface area contributed by atoms with E-state index < -0.39 is 10.0 Å². The number of rotatable bonds is 3. The van der Waals surface area contributed by atoms with Crippen LogP contribution in [-0.4, -0.2) is 54.7 Å². The van der Waals surface area contributed by atoms with Crippen molar-refractivity contribution < 1.29 is 13.2 Å². The molecule has 0 unspecified atom stereocenters. The fourth-order valence-corrected chi connectivity index (χ4v) is 6.01. The van der Waals surface area contributed by atoms with Gasteiger partial charge in [-0.25, -0.2) is 13.4 Å². The van der Waals surface area contributed by atoms with Gasteiger partial charge >= 0.3 is 0 Å². The second-order valence-corrected chi connectivity index (χ2v) is 9.72. The average Bonchev–Trinajstić information content (AvgIpc) is 3.34. The second kappa shape index (κ2) is 6.75. The fourth-order valence-electron chi connectivity index (χ4n) is 3.91. The van der Waals surface area contributed by atoms with Crippen molar-refractivity contribution >= 4 is 27.3 Å². The lowest BCUT2D eigenvalue weighted by Crippen LogP contribution is -2.44.